The molecule has 0 radical (unpaired) electrons. The number of carbonyl (C=O) groups is 17. The Morgan fingerprint density at radius 1 is 0.474 bits per heavy atom. The van der Waals surface area contributed by atoms with Crippen molar-refractivity contribution in [2.45, 2.75) is 209 Å². The maximum Gasteiger partial charge on any atom is 0.327 e. The van der Waals surface area contributed by atoms with Crippen molar-refractivity contribution in [2.75, 3.05) is 42.1 Å². The van der Waals surface area contributed by atoms with Crippen LogP contribution < -0.4 is 81.0 Å². The van der Waals surface area contributed by atoms with E-state index in [-0.39, 0.29) is 91.1 Å². The number of aliphatic carboxylic acids is 2. The Morgan fingerprint density at radius 3 is 1.32 bits per heavy atom. The maximum absolute atomic E-state index is 14.8. The number of aromatic hydroxyl groups is 2. The van der Waals surface area contributed by atoms with Gasteiger partial charge >= 0.3 is 11.9 Å². The van der Waals surface area contributed by atoms with Crippen LogP contribution in [0.2, 0.25) is 0 Å². The van der Waals surface area contributed by atoms with Gasteiger partial charge in [0.05, 0.1) is 31.1 Å². The lowest BCUT2D eigenvalue weighted by atomic mass is 10.00. The lowest BCUT2D eigenvalue weighted by molar-refractivity contribution is -0.144. The third-order valence-corrected chi connectivity index (χ3v) is 21.7. The first-order chi connectivity index (χ1) is 53.6. The Kier molecular flexibility index (Phi) is 40.6. The largest absolute Gasteiger partial charge is 0.508 e. The molecule has 16 atom stereocenters. The molecule has 2 aliphatic rings. The van der Waals surface area contributed by atoms with Crippen LogP contribution in [-0.2, 0) is 94.3 Å². The lowest BCUT2D eigenvalue weighted by Crippen LogP contribution is -2.63. The van der Waals surface area contributed by atoms with Gasteiger partial charge in [0.2, 0.25) is 88.6 Å². The Balaban J connectivity index is 1.86. The fraction of sp³-hybridized carbons (Fsp3) is 0.592. The molecule has 2 aliphatic heterocycles. The first kappa shape index (κ1) is 96.7. The highest BCUT2D eigenvalue weighted by Crippen LogP contribution is 2.25. The standard InChI is InChI=1S/C71H106N16O23S4/c1-33(2)26-45-62(100)79-46(27-37-11-15-39(90)16-12-37)64(102)82-49(29-53(74)93)70(108)87-23-9-10-51(87)66(104)85-57(36(6)89)69(107)86-56(35(5)88)68(106)81-47(28-38-13-17-40(91)18-14-38)63(101)76-42(19-20-52(73)92)59(97)77-44(22-25-112-8)61(99)80-48(30-54(94)95)65(103)84-55(34(3)4)67(105)83-50(71(109)110)32-114-113-31-41(72)58(96)75-43(21-24-111-7)60(98)78-45/h11-18,33-36,41-51,55-57,88-91H,9-10,19-32,72H2,1-8H3,(H2,73,92)(H2,74,93)(H,75,96)(H,76,101)(H,77,97)(H,78,98)(H,79,100)(H,80,99)(H,81,106)(H,82,102)(H,83,105)(H,84,103)(H,85,104)(H,86,107)(H,94,95)(H,109,110)/t35-,36-,41+,42+,43+,44+,45+,46+,47+,48+,49+,50+,51+,55+,56+,57+/m1/s1. The van der Waals surface area contributed by atoms with Crippen molar-refractivity contribution >= 4 is 146 Å². The van der Waals surface area contributed by atoms with Crippen LogP contribution in [0.15, 0.2) is 48.5 Å². The molecular weight excluding hydrogens is 1570 g/mol. The molecule has 15 amide bonds. The minimum absolute atomic E-state index is 0.00716. The van der Waals surface area contributed by atoms with Crippen LogP contribution >= 0.6 is 45.1 Å². The van der Waals surface area contributed by atoms with Crippen molar-refractivity contribution in [3.63, 3.8) is 0 Å². The summed E-state index contributed by atoms with van der Waals surface area (Å²) < 4.78 is 0. The fourth-order valence-corrected chi connectivity index (χ4v) is 14.9. The number of rotatable bonds is 23. The molecule has 114 heavy (non-hydrogen) atoms. The van der Waals surface area contributed by atoms with Gasteiger partial charge in [-0.15, -0.1) is 0 Å². The van der Waals surface area contributed by atoms with Crippen molar-refractivity contribution in [3.8, 4) is 11.5 Å². The molecule has 2 fully saturated rings. The molecule has 4 rings (SSSR count). The summed E-state index contributed by atoms with van der Waals surface area (Å²) in [7, 11) is 1.76. The van der Waals surface area contributed by atoms with Gasteiger partial charge in [0.25, 0.3) is 0 Å². The van der Waals surface area contributed by atoms with E-state index in [2.05, 4.69) is 63.8 Å². The highest BCUT2D eigenvalue weighted by Gasteiger charge is 2.43. The van der Waals surface area contributed by atoms with E-state index in [1.807, 2.05) is 0 Å². The molecular formula is C71H106N16O23S4. The number of nitrogens with zero attached hydrogens (tertiary/aromatic N) is 1. The fourth-order valence-electron chi connectivity index (χ4n) is 11.7. The van der Waals surface area contributed by atoms with Gasteiger partial charge in [0, 0.05) is 37.3 Å². The van der Waals surface area contributed by atoms with Gasteiger partial charge in [-0.1, -0.05) is 73.5 Å². The van der Waals surface area contributed by atoms with E-state index in [0.717, 1.165) is 40.3 Å². The number of hydrogen-bond donors (Lipinski definition) is 21. The summed E-state index contributed by atoms with van der Waals surface area (Å²) >= 11 is 2.49. The monoisotopic (exact) mass is 1680 g/mol. The summed E-state index contributed by atoms with van der Waals surface area (Å²) in [5, 5.41) is 92.0. The molecule has 2 aromatic carbocycles. The second-order valence-corrected chi connectivity index (χ2v) is 32.7. The van der Waals surface area contributed by atoms with Crippen LogP contribution in [-0.4, -0.2) is 275 Å². The van der Waals surface area contributed by atoms with Gasteiger partial charge < -0.3 is 117 Å². The number of hydrogen-bond acceptors (Lipinski definition) is 26. The van der Waals surface area contributed by atoms with Crippen molar-refractivity contribution in [1.29, 1.82) is 0 Å². The van der Waals surface area contributed by atoms with Crippen molar-refractivity contribution in [1.82, 2.24) is 68.7 Å². The molecule has 2 aromatic rings. The topological polar surface area (TPSA) is 637 Å². The molecule has 2 saturated heterocycles. The highest BCUT2D eigenvalue weighted by atomic mass is 33.1. The van der Waals surface area contributed by atoms with Gasteiger partial charge in [-0.2, -0.15) is 23.5 Å². The van der Waals surface area contributed by atoms with Crippen LogP contribution in [0, 0.1) is 11.8 Å². The molecule has 0 unspecified atom stereocenters. The smallest absolute Gasteiger partial charge is 0.327 e. The number of aliphatic hydroxyl groups is 2. The average molecular weight is 1680 g/mol. The van der Waals surface area contributed by atoms with Gasteiger partial charge in [-0.05, 0) is 124 Å². The predicted octanol–water partition coefficient (Wildman–Crippen LogP) is -4.92. The zero-order valence-corrected chi connectivity index (χ0v) is 67.5. The molecule has 0 aliphatic carbocycles. The van der Waals surface area contributed by atoms with E-state index in [1.54, 1.807) is 26.4 Å². The molecule has 24 N–H and O–H groups in total. The quantitative estimate of drug-likeness (QED) is 0.0464. The van der Waals surface area contributed by atoms with Crippen LogP contribution in [0.25, 0.3) is 0 Å². The molecule has 0 aromatic heterocycles. The summed E-state index contributed by atoms with van der Waals surface area (Å²) in [6.45, 7) is 8.26. The predicted molar refractivity (Wildman–Crippen MR) is 420 cm³/mol. The van der Waals surface area contributed by atoms with E-state index >= 15 is 0 Å². The lowest BCUT2D eigenvalue weighted by Gasteiger charge is -2.31. The molecule has 0 saturated carbocycles. The van der Waals surface area contributed by atoms with Gasteiger partial charge in [0.1, 0.15) is 90.0 Å². The Bertz CT molecular complexity index is 3720. The van der Waals surface area contributed by atoms with Crippen LogP contribution in [0.5, 0.6) is 11.5 Å². The van der Waals surface area contributed by atoms with E-state index in [4.69, 9.17) is 17.2 Å². The van der Waals surface area contributed by atoms with E-state index in [9.17, 15) is 112 Å². The van der Waals surface area contributed by atoms with Crippen LogP contribution in [0.1, 0.15) is 110 Å². The molecule has 0 bridgehead atoms. The number of thioether (sulfide) groups is 2. The Morgan fingerprint density at radius 2 is 0.868 bits per heavy atom. The average Bonchev–Trinajstić information content (AvgIpc) is 1.43. The number of carboxylic acids is 2. The van der Waals surface area contributed by atoms with Crippen molar-refractivity contribution < 1.29 is 112 Å². The first-order valence-electron chi connectivity index (χ1n) is 36.5. The minimum Gasteiger partial charge on any atom is -0.508 e. The zero-order chi connectivity index (χ0) is 85.4. The second kappa shape index (κ2) is 47.9. The normalized spacial score (nSPS) is 26.1. The number of benzene rings is 2. The van der Waals surface area contributed by atoms with Gasteiger partial charge in [-0.3, -0.25) is 76.7 Å². The molecule has 0 spiro atoms. The first-order valence-corrected chi connectivity index (χ1v) is 41.8. The van der Waals surface area contributed by atoms with Crippen LogP contribution in [0.3, 0.4) is 0 Å². The number of primary amides is 2. The third-order valence-electron chi connectivity index (χ3n) is 17.9. The van der Waals surface area contributed by atoms with E-state index in [1.165, 1.54) is 85.9 Å². The maximum atomic E-state index is 14.8. The number of amides is 15. The van der Waals surface area contributed by atoms with Crippen molar-refractivity contribution in [2.24, 2.45) is 29.0 Å². The Labute approximate surface area is 674 Å². The number of carboxylic acid groups (broad SMARTS) is 2. The number of nitrogens with two attached hydrogens (primary N) is 3. The Hall–Kier alpha value is -9.69. The number of phenolic OH excluding ortho intramolecular Hbond substituents is 2. The number of aliphatic hydroxyl groups excluding tert-OH is 2. The molecule has 2 heterocycles. The molecule has 632 valence electrons. The van der Waals surface area contributed by atoms with Crippen molar-refractivity contribution in [3.05, 3.63) is 59.7 Å². The van der Waals surface area contributed by atoms with Gasteiger partial charge in [0.15, 0.2) is 0 Å². The number of phenols is 2. The highest BCUT2D eigenvalue weighted by molar-refractivity contribution is 8.76. The number of carbonyl (C=O) groups excluding carboxylic acids is 15. The summed E-state index contributed by atoms with van der Waals surface area (Å²) in [5.41, 5.74) is 18.0. The molecule has 39 nitrogen and oxygen atoms in total. The van der Waals surface area contributed by atoms with E-state index in [0.29, 0.717) is 5.56 Å². The summed E-state index contributed by atoms with van der Waals surface area (Å²) in [5.74, 6) is -21.5. The van der Waals surface area contributed by atoms with Gasteiger partial charge in [-0.25, -0.2) is 4.79 Å². The third kappa shape index (κ3) is 32.3. The number of fused-ring (bicyclic) bond motifs is 1. The SMILES string of the molecule is CSCC[C@@H]1NC(=O)[C@H](CCC(N)=O)NC(=O)[C@H](Cc2ccc(O)cc2)NC(=O)[C@H]([C@@H](C)O)NC(=O)[C@H]([C@@H](C)O)NC(=O)[C@@H]2CCCN2C(=O)[C@H](CC(N)=O)NC(=O)[C@H](Cc2ccc(O)cc2)NC(=O)[C@H](CC(C)C)NC(=O)[C@H](CCSC)NC(=O)[C@@H](N)CSSC[C@@H](C(=O)O)NC(=O)[C@H](C(C)C)NC(=O)[C@H](CC(=O)O)NC1=O. The minimum atomic E-state index is -2.06. The van der Waals surface area contributed by atoms with E-state index < -0.39 is 235 Å². The number of nitrogens with one attached hydrogen (secondary N) is 12. The second-order valence-electron chi connectivity index (χ2n) is 28.1. The summed E-state index contributed by atoms with van der Waals surface area (Å²) in [4.78, 5) is 238. The molecule has 43 heteroatoms. The van der Waals surface area contributed by atoms with Crippen LogP contribution in [0.4, 0.5) is 0 Å². The zero-order valence-electron chi connectivity index (χ0n) is 64.3. The summed E-state index contributed by atoms with van der Waals surface area (Å²) in [6, 6.07) is -13.2. The summed E-state index contributed by atoms with van der Waals surface area (Å²) in [6.07, 6.45) is -4.69.